The molecular formula is C11H12F5NO. The molecule has 0 saturated carbocycles. The maximum Gasteiger partial charge on any atom is 0.200 e. The van der Waals surface area contributed by atoms with Gasteiger partial charge in [0.1, 0.15) is 0 Å². The molecule has 7 heteroatoms. The van der Waals surface area contributed by atoms with Gasteiger partial charge in [-0.2, -0.15) is 0 Å². The van der Waals surface area contributed by atoms with Crippen molar-refractivity contribution < 1.29 is 27.1 Å². The van der Waals surface area contributed by atoms with E-state index in [0.717, 1.165) is 0 Å². The summed E-state index contributed by atoms with van der Waals surface area (Å²) in [5.41, 5.74) is 4.14. The molecule has 2 nitrogen and oxygen atoms in total. The second kappa shape index (κ2) is 5.19. The Hall–Kier alpha value is -1.21. The molecule has 2 atom stereocenters. The van der Waals surface area contributed by atoms with Crippen LogP contribution in [0, 0.1) is 35.0 Å². The average molecular weight is 269 g/mol. The molecule has 0 spiro atoms. The van der Waals surface area contributed by atoms with E-state index in [2.05, 4.69) is 0 Å². The smallest absolute Gasteiger partial charge is 0.200 e. The predicted molar refractivity (Wildman–Crippen MR) is 54.0 cm³/mol. The Labute approximate surface area is 100 Å². The van der Waals surface area contributed by atoms with Gasteiger partial charge in [-0.15, -0.1) is 0 Å². The van der Waals surface area contributed by atoms with Crippen LogP contribution in [-0.2, 0) is 0 Å². The fourth-order valence-corrected chi connectivity index (χ4v) is 1.50. The lowest BCUT2D eigenvalue weighted by Crippen LogP contribution is -2.32. The largest absolute Gasteiger partial charge is 0.391 e. The van der Waals surface area contributed by atoms with Crippen molar-refractivity contribution >= 4 is 0 Å². The molecule has 0 radical (unpaired) electrons. The third-order valence-electron chi connectivity index (χ3n) is 2.63. The van der Waals surface area contributed by atoms with Crippen LogP contribution in [-0.4, -0.2) is 11.2 Å². The summed E-state index contributed by atoms with van der Waals surface area (Å²) in [5, 5.41) is 9.55. The SMILES string of the molecule is CC(C)[C@H](O)[C@H](N)c1c(F)c(F)c(F)c(F)c1F. The molecule has 0 aliphatic rings. The van der Waals surface area contributed by atoms with Crippen LogP contribution in [0.15, 0.2) is 0 Å². The van der Waals surface area contributed by atoms with E-state index >= 15 is 0 Å². The number of aliphatic hydroxyl groups excluding tert-OH is 1. The van der Waals surface area contributed by atoms with Gasteiger partial charge in [-0.25, -0.2) is 22.0 Å². The molecule has 1 rings (SSSR count). The summed E-state index contributed by atoms with van der Waals surface area (Å²) >= 11 is 0. The molecule has 0 aliphatic carbocycles. The number of rotatable bonds is 3. The van der Waals surface area contributed by atoms with Crippen LogP contribution in [0.5, 0.6) is 0 Å². The molecule has 0 unspecified atom stereocenters. The molecule has 0 saturated heterocycles. The highest BCUT2D eigenvalue weighted by molar-refractivity contribution is 5.27. The summed E-state index contributed by atoms with van der Waals surface area (Å²) in [4.78, 5) is 0. The maximum atomic E-state index is 13.4. The van der Waals surface area contributed by atoms with Crippen molar-refractivity contribution in [2.24, 2.45) is 11.7 Å². The number of nitrogens with two attached hydrogens (primary N) is 1. The highest BCUT2D eigenvalue weighted by Gasteiger charge is 2.32. The first-order valence-corrected chi connectivity index (χ1v) is 5.15. The Balaban J connectivity index is 3.42. The highest BCUT2D eigenvalue weighted by atomic mass is 19.2. The summed E-state index contributed by atoms with van der Waals surface area (Å²) in [5.74, 6) is -10.9. The fraction of sp³-hybridized carbons (Fsp3) is 0.455. The summed E-state index contributed by atoms with van der Waals surface area (Å²) in [6.07, 6.45) is -1.43. The molecular weight excluding hydrogens is 257 g/mol. The minimum atomic E-state index is -2.25. The molecule has 18 heavy (non-hydrogen) atoms. The number of halogens is 5. The van der Waals surface area contributed by atoms with Crippen LogP contribution < -0.4 is 5.73 Å². The lowest BCUT2D eigenvalue weighted by atomic mass is 9.93. The van der Waals surface area contributed by atoms with E-state index in [0.29, 0.717) is 0 Å². The molecule has 3 N–H and O–H groups in total. The third kappa shape index (κ3) is 2.32. The van der Waals surface area contributed by atoms with Crippen molar-refractivity contribution in [3.8, 4) is 0 Å². The van der Waals surface area contributed by atoms with E-state index in [1.807, 2.05) is 0 Å². The first kappa shape index (κ1) is 14.8. The van der Waals surface area contributed by atoms with E-state index < -0.39 is 52.7 Å². The fourth-order valence-electron chi connectivity index (χ4n) is 1.50. The predicted octanol–water partition coefficient (Wildman–Crippen LogP) is 2.40. The van der Waals surface area contributed by atoms with Gasteiger partial charge in [0.2, 0.25) is 5.82 Å². The average Bonchev–Trinajstić information content (AvgIpc) is 2.32. The third-order valence-corrected chi connectivity index (χ3v) is 2.63. The van der Waals surface area contributed by atoms with Crippen molar-refractivity contribution in [1.82, 2.24) is 0 Å². The van der Waals surface area contributed by atoms with Gasteiger partial charge in [-0.1, -0.05) is 13.8 Å². The Morgan fingerprint density at radius 2 is 1.17 bits per heavy atom. The maximum absolute atomic E-state index is 13.4. The molecule has 1 aromatic rings. The van der Waals surface area contributed by atoms with E-state index in [9.17, 15) is 27.1 Å². The van der Waals surface area contributed by atoms with Crippen molar-refractivity contribution in [2.45, 2.75) is 26.0 Å². The Kier molecular flexibility index (Phi) is 4.28. The van der Waals surface area contributed by atoms with Crippen LogP contribution in [0.4, 0.5) is 22.0 Å². The number of aliphatic hydroxyl groups is 1. The molecule has 0 heterocycles. The minimum absolute atomic E-state index is 0.505. The quantitative estimate of drug-likeness (QED) is 0.503. The van der Waals surface area contributed by atoms with Gasteiger partial charge < -0.3 is 10.8 Å². The molecule has 0 aliphatic heterocycles. The first-order valence-electron chi connectivity index (χ1n) is 5.15. The number of benzene rings is 1. The van der Waals surface area contributed by atoms with Crippen molar-refractivity contribution in [3.63, 3.8) is 0 Å². The van der Waals surface area contributed by atoms with Gasteiger partial charge >= 0.3 is 0 Å². The summed E-state index contributed by atoms with van der Waals surface area (Å²) in [6, 6.07) is -1.70. The first-order chi connectivity index (χ1) is 8.20. The lowest BCUT2D eigenvalue weighted by molar-refractivity contribution is 0.0942. The second-order valence-corrected chi connectivity index (χ2v) is 4.24. The van der Waals surface area contributed by atoms with Crippen LogP contribution >= 0.6 is 0 Å². The molecule has 0 amide bonds. The molecule has 1 aromatic carbocycles. The molecule has 0 fully saturated rings. The van der Waals surface area contributed by atoms with Crippen molar-refractivity contribution in [3.05, 3.63) is 34.6 Å². The van der Waals surface area contributed by atoms with Crippen LogP contribution in [0.25, 0.3) is 0 Å². The van der Waals surface area contributed by atoms with Gasteiger partial charge in [-0.05, 0) is 5.92 Å². The topological polar surface area (TPSA) is 46.2 Å². The van der Waals surface area contributed by atoms with Gasteiger partial charge in [0, 0.05) is 5.56 Å². The zero-order valence-electron chi connectivity index (χ0n) is 9.65. The standard InChI is InChI=1S/C11H12F5NO/c1-3(2)11(18)10(17)4-5(12)7(14)9(16)8(15)6(4)13/h3,10-11,18H,17H2,1-2H3/t10-,11+/m1/s1. The summed E-state index contributed by atoms with van der Waals surface area (Å²) < 4.78 is 65.4. The van der Waals surface area contributed by atoms with Crippen molar-refractivity contribution in [2.75, 3.05) is 0 Å². The van der Waals surface area contributed by atoms with Gasteiger partial charge in [0.05, 0.1) is 12.1 Å². The molecule has 0 aromatic heterocycles. The van der Waals surface area contributed by atoms with Crippen molar-refractivity contribution in [1.29, 1.82) is 0 Å². The van der Waals surface area contributed by atoms with Gasteiger partial charge in [-0.3, -0.25) is 0 Å². The van der Waals surface area contributed by atoms with Gasteiger partial charge in [0.25, 0.3) is 0 Å². The number of hydrogen-bond acceptors (Lipinski definition) is 2. The van der Waals surface area contributed by atoms with Crippen LogP contribution in [0.2, 0.25) is 0 Å². The number of hydrogen-bond donors (Lipinski definition) is 2. The van der Waals surface area contributed by atoms with Crippen LogP contribution in [0.1, 0.15) is 25.5 Å². The van der Waals surface area contributed by atoms with E-state index in [4.69, 9.17) is 5.73 Å². The zero-order valence-corrected chi connectivity index (χ0v) is 9.65. The Morgan fingerprint density at radius 3 is 1.50 bits per heavy atom. The normalized spacial score (nSPS) is 15.0. The molecule has 102 valence electrons. The zero-order chi connectivity index (χ0) is 14.2. The van der Waals surface area contributed by atoms with E-state index in [1.165, 1.54) is 13.8 Å². The summed E-state index contributed by atoms with van der Waals surface area (Å²) in [6.45, 7) is 2.99. The van der Waals surface area contributed by atoms with E-state index in [-0.39, 0.29) is 0 Å². The highest BCUT2D eigenvalue weighted by Crippen LogP contribution is 2.29. The van der Waals surface area contributed by atoms with Gasteiger partial charge in [0.15, 0.2) is 23.3 Å². The Morgan fingerprint density at radius 1 is 0.833 bits per heavy atom. The lowest BCUT2D eigenvalue weighted by Gasteiger charge is -2.23. The van der Waals surface area contributed by atoms with Crippen LogP contribution in [0.3, 0.4) is 0 Å². The summed E-state index contributed by atoms with van der Waals surface area (Å²) in [7, 11) is 0. The van der Waals surface area contributed by atoms with E-state index in [1.54, 1.807) is 0 Å². The second-order valence-electron chi connectivity index (χ2n) is 4.24. The monoisotopic (exact) mass is 269 g/mol. The Bertz CT molecular complexity index is 434. The molecule has 0 bridgehead atoms. The minimum Gasteiger partial charge on any atom is -0.391 e.